The number of aliphatic hydroxyl groups excluding tert-OH is 1. The SMILES string of the molecule is O=C(C[C@@H]1CC[C@@H](NC(=O)C2CCOCC2)[C@H](CO)O1)Nc1ccccc1. The van der Waals surface area contributed by atoms with Gasteiger partial charge >= 0.3 is 0 Å². The van der Waals surface area contributed by atoms with Crippen molar-refractivity contribution >= 4 is 17.5 Å². The Kier molecular flexibility index (Phi) is 7.20. The van der Waals surface area contributed by atoms with Crippen molar-refractivity contribution in [1.29, 1.82) is 0 Å². The number of hydrogen-bond donors (Lipinski definition) is 3. The van der Waals surface area contributed by atoms with Crippen LogP contribution in [0.1, 0.15) is 32.1 Å². The van der Waals surface area contributed by atoms with E-state index in [1.165, 1.54) is 0 Å². The first-order valence-corrected chi connectivity index (χ1v) is 9.65. The minimum absolute atomic E-state index is 0.00520. The van der Waals surface area contributed by atoms with Crippen LogP contribution < -0.4 is 10.6 Å². The summed E-state index contributed by atoms with van der Waals surface area (Å²) in [5.74, 6) is -0.148. The van der Waals surface area contributed by atoms with Crippen LogP contribution in [0.5, 0.6) is 0 Å². The zero-order valence-electron chi connectivity index (χ0n) is 15.4. The monoisotopic (exact) mass is 376 g/mol. The van der Waals surface area contributed by atoms with Crippen molar-refractivity contribution in [2.75, 3.05) is 25.1 Å². The summed E-state index contributed by atoms with van der Waals surface area (Å²) in [4.78, 5) is 24.6. The van der Waals surface area contributed by atoms with Crippen LogP contribution in [0.4, 0.5) is 5.69 Å². The summed E-state index contributed by atoms with van der Waals surface area (Å²) in [6.07, 6.45) is 2.28. The summed E-state index contributed by atoms with van der Waals surface area (Å²) >= 11 is 0. The highest BCUT2D eigenvalue weighted by atomic mass is 16.5. The highest BCUT2D eigenvalue weighted by Crippen LogP contribution is 2.24. The van der Waals surface area contributed by atoms with Gasteiger partial charge < -0.3 is 25.2 Å². The average molecular weight is 376 g/mol. The molecule has 0 saturated carbocycles. The van der Waals surface area contributed by atoms with E-state index in [1.807, 2.05) is 30.3 Å². The predicted octanol–water partition coefficient (Wildman–Crippen LogP) is 1.47. The van der Waals surface area contributed by atoms with Crippen LogP contribution in [0.15, 0.2) is 30.3 Å². The second-order valence-electron chi connectivity index (χ2n) is 7.18. The second kappa shape index (κ2) is 9.82. The van der Waals surface area contributed by atoms with Crippen LogP contribution >= 0.6 is 0 Å². The quantitative estimate of drug-likeness (QED) is 0.699. The summed E-state index contributed by atoms with van der Waals surface area (Å²) in [5, 5.41) is 15.5. The lowest BCUT2D eigenvalue weighted by Crippen LogP contribution is -2.52. The van der Waals surface area contributed by atoms with Gasteiger partial charge in [0.15, 0.2) is 0 Å². The lowest BCUT2D eigenvalue weighted by molar-refractivity contribution is -0.137. The van der Waals surface area contributed by atoms with Gasteiger partial charge in [-0.25, -0.2) is 0 Å². The first-order chi connectivity index (χ1) is 13.2. The molecule has 3 atom stereocenters. The molecule has 148 valence electrons. The fraction of sp³-hybridized carbons (Fsp3) is 0.600. The number of hydrogen-bond acceptors (Lipinski definition) is 5. The van der Waals surface area contributed by atoms with E-state index in [4.69, 9.17) is 9.47 Å². The molecule has 0 radical (unpaired) electrons. The first kappa shape index (κ1) is 19.8. The first-order valence-electron chi connectivity index (χ1n) is 9.65. The number of ether oxygens (including phenoxy) is 2. The molecule has 3 rings (SSSR count). The topological polar surface area (TPSA) is 96.9 Å². The number of anilines is 1. The van der Waals surface area contributed by atoms with Crippen molar-refractivity contribution in [2.45, 2.75) is 50.4 Å². The Balaban J connectivity index is 1.47. The maximum absolute atomic E-state index is 12.4. The molecule has 0 aliphatic carbocycles. The van der Waals surface area contributed by atoms with E-state index in [0.29, 0.717) is 26.1 Å². The minimum atomic E-state index is -0.489. The molecule has 7 nitrogen and oxygen atoms in total. The largest absolute Gasteiger partial charge is 0.394 e. The zero-order chi connectivity index (χ0) is 19.1. The third-order valence-electron chi connectivity index (χ3n) is 5.19. The van der Waals surface area contributed by atoms with Gasteiger partial charge in [-0.1, -0.05) is 18.2 Å². The maximum Gasteiger partial charge on any atom is 0.226 e. The lowest BCUT2D eigenvalue weighted by atomic mass is 9.94. The molecule has 2 aliphatic rings. The Hall–Kier alpha value is -1.96. The molecule has 2 saturated heterocycles. The molecule has 2 heterocycles. The number of amides is 2. The van der Waals surface area contributed by atoms with Crippen molar-refractivity contribution in [2.24, 2.45) is 5.92 Å². The van der Waals surface area contributed by atoms with E-state index >= 15 is 0 Å². The summed E-state index contributed by atoms with van der Waals surface area (Å²) in [5.41, 5.74) is 0.749. The van der Waals surface area contributed by atoms with Crippen LogP contribution in [0.3, 0.4) is 0 Å². The number of aliphatic hydroxyl groups is 1. The molecule has 0 unspecified atom stereocenters. The lowest BCUT2D eigenvalue weighted by Gasteiger charge is -2.37. The molecular formula is C20H28N2O5. The summed E-state index contributed by atoms with van der Waals surface area (Å²) in [6.45, 7) is 1.04. The van der Waals surface area contributed by atoms with Crippen LogP contribution in [-0.4, -0.2) is 55.0 Å². The van der Waals surface area contributed by atoms with Crippen LogP contribution in [-0.2, 0) is 19.1 Å². The molecule has 2 fully saturated rings. The van der Waals surface area contributed by atoms with Gasteiger partial charge in [0.25, 0.3) is 0 Å². The number of carbonyl (C=O) groups is 2. The van der Waals surface area contributed by atoms with Crippen LogP contribution in [0, 0.1) is 5.92 Å². The zero-order valence-corrected chi connectivity index (χ0v) is 15.4. The Bertz CT molecular complexity index is 618. The van der Waals surface area contributed by atoms with Crippen molar-refractivity contribution in [3.63, 3.8) is 0 Å². The van der Waals surface area contributed by atoms with Gasteiger partial charge in [0.05, 0.1) is 25.2 Å². The average Bonchev–Trinajstić information content (AvgIpc) is 2.70. The molecule has 3 N–H and O–H groups in total. The maximum atomic E-state index is 12.4. The van der Waals surface area contributed by atoms with E-state index in [2.05, 4.69) is 10.6 Å². The second-order valence-corrected chi connectivity index (χ2v) is 7.18. The van der Waals surface area contributed by atoms with Gasteiger partial charge in [0, 0.05) is 24.8 Å². The normalized spacial score (nSPS) is 26.3. The van der Waals surface area contributed by atoms with Crippen LogP contribution in [0.25, 0.3) is 0 Å². The number of para-hydroxylation sites is 1. The molecular weight excluding hydrogens is 348 g/mol. The van der Waals surface area contributed by atoms with Gasteiger partial charge in [-0.15, -0.1) is 0 Å². The highest BCUT2D eigenvalue weighted by molar-refractivity contribution is 5.91. The van der Waals surface area contributed by atoms with Gasteiger partial charge in [-0.2, -0.15) is 0 Å². The summed E-state index contributed by atoms with van der Waals surface area (Å²) in [7, 11) is 0. The van der Waals surface area contributed by atoms with E-state index in [9.17, 15) is 14.7 Å². The van der Waals surface area contributed by atoms with Gasteiger partial charge in [0.2, 0.25) is 11.8 Å². The Morgan fingerprint density at radius 1 is 1.07 bits per heavy atom. The number of nitrogens with one attached hydrogen (secondary N) is 2. The van der Waals surface area contributed by atoms with E-state index in [1.54, 1.807) is 0 Å². The van der Waals surface area contributed by atoms with Crippen molar-refractivity contribution in [1.82, 2.24) is 5.32 Å². The molecule has 1 aromatic carbocycles. The molecule has 0 bridgehead atoms. The Morgan fingerprint density at radius 2 is 1.81 bits per heavy atom. The smallest absolute Gasteiger partial charge is 0.226 e. The summed E-state index contributed by atoms with van der Waals surface area (Å²) < 4.78 is 11.2. The van der Waals surface area contributed by atoms with Gasteiger partial charge in [0.1, 0.15) is 6.10 Å². The van der Waals surface area contributed by atoms with E-state index in [-0.39, 0.29) is 42.9 Å². The fourth-order valence-corrected chi connectivity index (χ4v) is 3.65. The number of carbonyl (C=O) groups excluding carboxylic acids is 2. The van der Waals surface area contributed by atoms with Gasteiger partial charge in [-0.05, 0) is 37.8 Å². The molecule has 1 aromatic rings. The predicted molar refractivity (Wildman–Crippen MR) is 100 cm³/mol. The molecule has 0 spiro atoms. The minimum Gasteiger partial charge on any atom is -0.394 e. The number of rotatable bonds is 6. The third-order valence-corrected chi connectivity index (χ3v) is 5.19. The van der Waals surface area contributed by atoms with E-state index in [0.717, 1.165) is 18.5 Å². The van der Waals surface area contributed by atoms with Crippen molar-refractivity contribution in [3.8, 4) is 0 Å². The fourth-order valence-electron chi connectivity index (χ4n) is 3.65. The molecule has 2 amide bonds. The van der Waals surface area contributed by atoms with Crippen molar-refractivity contribution in [3.05, 3.63) is 30.3 Å². The Labute approximate surface area is 159 Å². The molecule has 7 heteroatoms. The van der Waals surface area contributed by atoms with Gasteiger partial charge in [-0.3, -0.25) is 9.59 Å². The van der Waals surface area contributed by atoms with E-state index < -0.39 is 6.10 Å². The summed E-state index contributed by atoms with van der Waals surface area (Å²) in [6, 6.07) is 9.05. The molecule has 27 heavy (non-hydrogen) atoms. The Morgan fingerprint density at radius 3 is 2.52 bits per heavy atom. The van der Waals surface area contributed by atoms with Crippen LogP contribution in [0.2, 0.25) is 0 Å². The molecule has 0 aromatic heterocycles. The standard InChI is InChI=1S/C20H28N2O5/c23-13-18-17(22-20(25)14-8-10-26-11-9-14)7-6-16(27-18)12-19(24)21-15-4-2-1-3-5-15/h1-5,14,16-18,23H,6-13H2,(H,21,24)(H,22,25)/t16-,17+,18-/m0/s1. The highest BCUT2D eigenvalue weighted by Gasteiger charge is 2.34. The van der Waals surface area contributed by atoms with Crippen molar-refractivity contribution < 1.29 is 24.2 Å². The third kappa shape index (κ3) is 5.76. The molecule has 2 aliphatic heterocycles. The number of benzene rings is 1.